The summed E-state index contributed by atoms with van der Waals surface area (Å²) < 4.78 is 7.43. The minimum absolute atomic E-state index is 0.0913. The monoisotopic (exact) mass is 366 g/mol. The second-order valence-electron chi connectivity index (χ2n) is 6.50. The van der Waals surface area contributed by atoms with E-state index in [1.54, 1.807) is 19.6 Å². The van der Waals surface area contributed by atoms with Gasteiger partial charge in [-0.3, -0.25) is 4.79 Å². The summed E-state index contributed by atoms with van der Waals surface area (Å²) in [6.07, 6.45) is 8.75. The van der Waals surface area contributed by atoms with E-state index >= 15 is 0 Å². The molecule has 2 heterocycles. The Labute approximate surface area is 159 Å². The second-order valence-corrected chi connectivity index (χ2v) is 6.50. The summed E-state index contributed by atoms with van der Waals surface area (Å²) in [5.41, 5.74) is 1.95. The van der Waals surface area contributed by atoms with Crippen LogP contribution in [0.5, 0.6) is 5.75 Å². The summed E-state index contributed by atoms with van der Waals surface area (Å²) >= 11 is 0. The Morgan fingerprint density at radius 2 is 2.04 bits per heavy atom. The van der Waals surface area contributed by atoms with Crippen LogP contribution in [0.2, 0.25) is 0 Å². The third kappa shape index (κ3) is 4.58. The normalized spacial score (nSPS) is 11.9. The summed E-state index contributed by atoms with van der Waals surface area (Å²) in [5.74, 6) is 0.894. The summed E-state index contributed by atoms with van der Waals surface area (Å²) in [5, 5.41) is 0. The predicted octanol–water partition coefficient (Wildman–Crippen LogP) is 3.44. The number of amides is 1. The summed E-state index contributed by atoms with van der Waals surface area (Å²) in [4.78, 5) is 22.6. The maximum Gasteiger partial charge on any atom is 0.246 e. The number of rotatable bonds is 9. The number of aromatic amines is 1. The fourth-order valence-electron chi connectivity index (χ4n) is 3.27. The molecule has 0 saturated carbocycles. The van der Waals surface area contributed by atoms with Gasteiger partial charge in [0.25, 0.3) is 0 Å². The summed E-state index contributed by atoms with van der Waals surface area (Å²) in [6, 6.07) is 11.4. The standard InChI is InChI=1S/C21H26N4O2/c1-3-10-25(15-17-8-4-5-9-20(17)27-2)21(26)19(24-11-6-7-12-24)13-18-14-22-16-23-18/h4-9,11-12,14,16,19H,3,10,13,15H2,1-2H3,(H,22,23). The lowest BCUT2D eigenvalue weighted by Crippen LogP contribution is -2.38. The Bertz CT molecular complexity index is 828. The quantitative estimate of drug-likeness (QED) is 0.631. The predicted molar refractivity (Wildman–Crippen MR) is 104 cm³/mol. The highest BCUT2D eigenvalue weighted by Crippen LogP contribution is 2.23. The zero-order valence-electron chi connectivity index (χ0n) is 15.8. The Kier molecular flexibility index (Phi) is 6.30. The van der Waals surface area contributed by atoms with Crippen LogP contribution in [0.4, 0.5) is 0 Å². The van der Waals surface area contributed by atoms with Crippen LogP contribution in [0.1, 0.15) is 30.6 Å². The lowest BCUT2D eigenvalue weighted by Gasteiger charge is -2.28. The number of hydrogen-bond donors (Lipinski definition) is 1. The third-order valence-electron chi connectivity index (χ3n) is 4.60. The number of imidazole rings is 1. The van der Waals surface area contributed by atoms with Crippen LogP contribution < -0.4 is 4.74 Å². The molecule has 3 rings (SSSR count). The molecule has 0 aliphatic carbocycles. The molecule has 0 aliphatic heterocycles. The molecule has 6 heteroatoms. The Balaban J connectivity index is 1.86. The molecule has 1 atom stereocenters. The first-order valence-electron chi connectivity index (χ1n) is 9.23. The Hall–Kier alpha value is -3.02. The lowest BCUT2D eigenvalue weighted by atomic mass is 10.1. The van der Waals surface area contributed by atoms with Crippen molar-refractivity contribution in [1.82, 2.24) is 19.4 Å². The van der Waals surface area contributed by atoms with Crippen molar-refractivity contribution in [2.24, 2.45) is 0 Å². The number of aromatic nitrogens is 3. The molecular weight excluding hydrogens is 340 g/mol. The van der Waals surface area contributed by atoms with Gasteiger partial charge >= 0.3 is 0 Å². The maximum atomic E-state index is 13.5. The Morgan fingerprint density at radius 3 is 2.70 bits per heavy atom. The van der Waals surface area contributed by atoms with Crippen LogP contribution in [-0.2, 0) is 17.8 Å². The first-order chi connectivity index (χ1) is 13.2. The number of hydrogen-bond acceptors (Lipinski definition) is 3. The molecule has 0 saturated heterocycles. The van der Waals surface area contributed by atoms with E-state index in [4.69, 9.17) is 4.74 Å². The van der Waals surface area contributed by atoms with Crippen LogP contribution >= 0.6 is 0 Å². The highest BCUT2D eigenvalue weighted by atomic mass is 16.5. The van der Waals surface area contributed by atoms with E-state index in [0.717, 1.165) is 23.4 Å². The molecule has 0 radical (unpaired) electrons. The molecular formula is C21H26N4O2. The van der Waals surface area contributed by atoms with Gasteiger partial charge in [-0.05, 0) is 24.6 Å². The van der Waals surface area contributed by atoms with E-state index in [0.29, 0.717) is 19.5 Å². The molecule has 0 fully saturated rings. The average molecular weight is 366 g/mol. The Morgan fingerprint density at radius 1 is 1.26 bits per heavy atom. The van der Waals surface area contributed by atoms with Gasteiger partial charge in [-0.15, -0.1) is 0 Å². The van der Waals surface area contributed by atoms with Crippen molar-refractivity contribution in [3.8, 4) is 5.75 Å². The van der Waals surface area contributed by atoms with Gasteiger partial charge in [0.05, 0.1) is 13.4 Å². The van der Waals surface area contributed by atoms with Gasteiger partial charge in [-0.1, -0.05) is 25.1 Å². The third-order valence-corrected chi connectivity index (χ3v) is 4.60. The SMILES string of the molecule is CCCN(Cc1ccccc1OC)C(=O)C(Cc1cnc[nH]1)n1cccc1. The van der Waals surface area contributed by atoms with Crippen LogP contribution in [0, 0.1) is 0 Å². The molecule has 2 aromatic heterocycles. The van der Waals surface area contributed by atoms with Gasteiger partial charge in [-0.2, -0.15) is 0 Å². The second kappa shape index (κ2) is 9.07. The molecule has 1 N–H and O–H groups in total. The topological polar surface area (TPSA) is 63.1 Å². The van der Waals surface area contributed by atoms with Gasteiger partial charge in [0.1, 0.15) is 11.8 Å². The number of para-hydroxylation sites is 1. The minimum Gasteiger partial charge on any atom is -0.496 e. The number of carbonyl (C=O) groups is 1. The van der Waals surface area contributed by atoms with Crippen molar-refractivity contribution in [2.45, 2.75) is 32.4 Å². The van der Waals surface area contributed by atoms with E-state index in [1.165, 1.54) is 0 Å². The van der Waals surface area contributed by atoms with Gasteiger partial charge in [-0.25, -0.2) is 4.98 Å². The number of carbonyl (C=O) groups excluding carboxylic acids is 1. The van der Waals surface area contributed by atoms with E-state index in [9.17, 15) is 4.79 Å². The van der Waals surface area contributed by atoms with Gasteiger partial charge in [0.2, 0.25) is 5.91 Å². The average Bonchev–Trinajstić information content (AvgIpc) is 3.39. The molecule has 27 heavy (non-hydrogen) atoms. The van der Waals surface area contributed by atoms with Crippen LogP contribution in [-0.4, -0.2) is 39.0 Å². The number of nitrogens with one attached hydrogen (secondary N) is 1. The molecule has 1 amide bonds. The van der Waals surface area contributed by atoms with E-state index in [-0.39, 0.29) is 11.9 Å². The zero-order chi connectivity index (χ0) is 19.1. The highest BCUT2D eigenvalue weighted by Gasteiger charge is 2.26. The van der Waals surface area contributed by atoms with Crippen molar-refractivity contribution in [3.63, 3.8) is 0 Å². The minimum atomic E-state index is -0.318. The van der Waals surface area contributed by atoms with Crippen molar-refractivity contribution in [1.29, 1.82) is 0 Å². The van der Waals surface area contributed by atoms with Gasteiger partial charge in [0, 0.05) is 49.4 Å². The molecule has 0 bridgehead atoms. The van der Waals surface area contributed by atoms with Crippen LogP contribution in [0.15, 0.2) is 61.3 Å². The summed E-state index contributed by atoms with van der Waals surface area (Å²) in [6.45, 7) is 3.30. The number of methoxy groups -OCH3 is 1. The first kappa shape index (κ1) is 18.8. The summed E-state index contributed by atoms with van der Waals surface area (Å²) in [7, 11) is 1.66. The van der Waals surface area contributed by atoms with Crippen molar-refractivity contribution in [2.75, 3.05) is 13.7 Å². The van der Waals surface area contributed by atoms with E-state index in [2.05, 4.69) is 16.9 Å². The van der Waals surface area contributed by atoms with Crippen molar-refractivity contribution in [3.05, 3.63) is 72.6 Å². The molecule has 1 aromatic carbocycles. The number of nitrogens with zero attached hydrogens (tertiary/aromatic N) is 3. The highest BCUT2D eigenvalue weighted by molar-refractivity contribution is 5.81. The van der Waals surface area contributed by atoms with Crippen LogP contribution in [0.3, 0.4) is 0 Å². The maximum absolute atomic E-state index is 13.5. The lowest BCUT2D eigenvalue weighted by molar-refractivity contribution is -0.135. The molecule has 1 unspecified atom stereocenters. The van der Waals surface area contributed by atoms with Gasteiger partial charge < -0.3 is 19.2 Å². The van der Waals surface area contributed by atoms with Crippen LogP contribution in [0.25, 0.3) is 0 Å². The van der Waals surface area contributed by atoms with E-state index in [1.807, 2.05) is 58.3 Å². The zero-order valence-corrected chi connectivity index (χ0v) is 15.8. The largest absolute Gasteiger partial charge is 0.496 e. The van der Waals surface area contributed by atoms with Crippen molar-refractivity contribution >= 4 is 5.91 Å². The molecule has 3 aromatic rings. The number of benzene rings is 1. The molecule has 0 aliphatic rings. The van der Waals surface area contributed by atoms with Crippen molar-refractivity contribution < 1.29 is 9.53 Å². The number of ether oxygens (including phenoxy) is 1. The van der Waals surface area contributed by atoms with E-state index < -0.39 is 0 Å². The molecule has 142 valence electrons. The smallest absolute Gasteiger partial charge is 0.246 e. The fraction of sp³-hybridized carbons (Fsp3) is 0.333. The molecule has 6 nitrogen and oxygen atoms in total. The first-order valence-corrected chi connectivity index (χ1v) is 9.23. The molecule has 0 spiro atoms. The van der Waals surface area contributed by atoms with Gasteiger partial charge in [0.15, 0.2) is 0 Å². The fourth-order valence-corrected chi connectivity index (χ4v) is 3.27. The number of H-pyrrole nitrogens is 1.